The third-order valence-corrected chi connectivity index (χ3v) is 9.31. The van der Waals surface area contributed by atoms with E-state index < -0.39 is 42.3 Å². The van der Waals surface area contributed by atoms with E-state index in [-0.39, 0.29) is 23.7 Å². The highest BCUT2D eigenvalue weighted by Crippen LogP contribution is 2.61. The first kappa shape index (κ1) is 26.4. The van der Waals surface area contributed by atoms with Crippen LogP contribution >= 0.6 is 15.9 Å². The van der Waals surface area contributed by atoms with Crippen LogP contribution in [0.1, 0.15) is 53.5 Å². The van der Waals surface area contributed by atoms with E-state index in [9.17, 15) is 19.2 Å². The molecule has 1 aliphatic heterocycles. The molecule has 0 unspecified atom stereocenters. The lowest BCUT2D eigenvalue weighted by atomic mass is 9.55. The van der Waals surface area contributed by atoms with Crippen LogP contribution in [0.4, 0.5) is 5.69 Å². The number of rotatable bonds is 6. The minimum Gasteiger partial charge on any atom is -0.454 e. The van der Waals surface area contributed by atoms with E-state index in [4.69, 9.17) is 4.74 Å². The quantitative estimate of drug-likeness (QED) is 0.312. The first-order valence-electron chi connectivity index (χ1n) is 13.5. The Kier molecular flexibility index (Phi) is 6.61. The lowest BCUT2D eigenvalue weighted by Gasteiger charge is -2.45. The minimum absolute atomic E-state index is 0.257. The van der Waals surface area contributed by atoms with Gasteiger partial charge in [-0.15, -0.1) is 0 Å². The van der Waals surface area contributed by atoms with Gasteiger partial charge in [0.05, 0.1) is 11.8 Å². The Labute approximate surface area is 241 Å². The number of hydrogen-bond donors (Lipinski definition) is 1. The molecule has 1 fully saturated rings. The SMILES string of the molecule is Cc1cc(NC(=O)COC(=O)[C@@H](C(C)C)N2C(=O)[C@@H]3C4c5ccccc5C(c5ccccc54)[C@@H]3C2=O)ccc1Br. The van der Waals surface area contributed by atoms with Gasteiger partial charge in [-0.1, -0.05) is 78.3 Å². The molecule has 1 saturated heterocycles. The Bertz CT molecular complexity index is 1450. The summed E-state index contributed by atoms with van der Waals surface area (Å²) in [5.74, 6) is -4.05. The molecule has 1 heterocycles. The van der Waals surface area contributed by atoms with Gasteiger partial charge in [-0.25, -0.2) is 4.79 Å². The van der Waals surface area contributed by atoms with Gasteiger partial charge >= 0.3 is 5.97 Å². The standard InChI is InChI=1S/C32H29BrN2O5/c1-16(2)29(32(39)40-15-24(36)34-18-12-13-23(33)17(3)14-18)35-30(37)27-25-19-8-4-5-9-20(19)26(28(27)31(35)38)22-11-7-6-10-21(22)25/h4-14,16,25-29H,15H2,1-3H3,(H,34,36)/t25?,26?,27-,28+,29-/m1/s1. The van der Waals surface area contributed by atoms with E-state index in [1.807, 2.05) is 61.5 Å². The fraction of sp³-hybridized carbons (Fsp3) is 0.312. The summed E-state index contributed by atoms with van der Waals surface area (Å²) >= 11 is 3.43. The van der Waals surface area contributed by atoms with Crippen molar-refractivity contribution < 1.29 is 23.9 Å². The van der Waals surface area contributed by atoms with Crippen molar-refractivity contribution in [3.8, 4) is 0 Å². The number of nitrogens with zero attached hydrogens (tertiary/aromatic N) is 1. The van der Waals surface area contributed by atoms with Crippen molar-refractivity contribution in [1.29, 1.82) is 0 Å². The number of halogens is 1. The maximum atomic E-state index is 14.1. The number of carbonyl (C=O) groups is 4. The third kappa shape index (κ3) is 4.08. The van der Waals surface area contributed by atoms with Crippen LogP contribution in [0.2, 0.25) is 0 Å². The number of esters is 1. The summed E-state index contributed by atoms with van der Waals surface area (Å²) in [5, 5.41) is 2.72. The molecule has 0 aromatic heterocycles. The van der Waals surface area contributed by atoms with Crippen molar-refractivity contribution in [2.24, 2.45) is 17.8 Å². The number of ether oxygens (including phenoxy) is 1. The first-order chi connectivity index (χ1) is 19.2. The summed E-state index contributed by atoms with van der Waals surface area (Å²) in [4.78, 5) is 55.2. The summed E-state index contributed by atoms with van der Waals surface area (Å²) in [6.45, 7) is 4.93. The molecule has 3 amide bonds. The molecule has 40 heavy (non-hydrogen) atoms. The summed E-state index contributed by atoms with van der Waals surface area (Å²) < 4.78 is 6.32. The lowest BCUT2D eigenvalue weighted by molar-refractivity contribution is -0.162. The van der Waals surface area contributed by atoms with Gasteiger partial charge in [0, 0.05) is 22.0 Å². The van der Waals surface area contributed by atoms with Crippen LogP contribution in [0, 0.1) is 24.7 Å². The predicted molar refractivity (Wildman–Crippen MR) is 152 cm³/mol. The molecule has 8 heteroatoms. The molecule has 3 atom stereocenters. The van der Waals surface area contributed by atoms with E-state index in [2.05, 4.69) is 21.2 Å². The smallest absolute Gasteiger partial charge is 0.330 e. The molecule has 3 aliphatic carbocycles. The number of likely N-dealkylation sites (tertiary alicyclic amines) is 1. The number of imide groups is 1. The highest BCUT2D eigenvalue weighted by Gasteiger charge is 2.63. The highest BCUT2D eigenvalue weighted by atomic mass is 79.9. The van der Waals surface area contributed by atoms with Gasteiger partial charge in [0.2, 0.25) is 11.8 Å². The second-order valence-electron chi connectivity index (χ2n) is 11.1. The van der Waals surface area contributed by atoms with Crippen LogP contribution < -0.4 is 5.32 Å². The van der Waals surface area contributed by atoms with Crippen molar-refractivity contribution in [2.45, 2.75) is 38.6 Å². The zero-order chi connectivity index (χ0) is 28.3. The molecule has 7 nitrogen and oxygen atoms in total. The van der Waals surface area contributed by atoms with Gasteiger partial charge in [0.1, 0.15) is 6.04 Å². The Hall–Kier alpha value is -3.78. The Morgan fingerprint density at radius 1 is 0.875 bits per heavy atom. The zero-order valence-corrected chi connectivity index (χ0v) is 24.0. The first-order valence-corrected chi connectivity index (χ1v) is 14.3. The van der Waals surface area contributed by atoms with E-state index in [1.54, 1.807) is 26.0 Å². The van der Waals surface area contributed by atoms with Crippen molar-refractivity contribution in [1.82, 2.24) is 4.90 Å². The van der Waals surface area contributed by atoms with Crippen LogP contribution in [0.5, 0.6) is 0 Å². The zero-order valence-electron chi connectivity index (χ0n) is 22.4. The Morgan fingerprint density at radius 2 is 1.38 bits per heavy atom. The van der Waals surface area contributed by atoms with Crippen LogP contribution in [0.3, 0.4) is 0 Å². The van der Waals surface area contributed by atoms with E-state index in [0.29, 0.717) is 5.69 Å². The Morgan fingerprint density at radius 3 is 1.82 bits per heavy atom. The van der Waals surface area contributed by atoms with Gasteiger partial charge in [-0.2, -0.15) is 0 Å². The summed E-state index contributed by atoms with van der Waals surface area (Å²) in [6.07, 6.45) is 0. The largest absolute Gasteiger partial charge is 0.454 e. The molecule has 0 saturated carbocycles. The van der Waals surface area contributed by atoms with Crippen LogP contribution in [0.15, 0.2) is 71.2 Å². The number of anilines is 1. The highest BCUT2D eigenvalue weighted by molar-refractivity contribution is 9.10. The Balaban J connectivity index is 1.25. The van der Waals surface area contributed by atoms with Crippen molar-refractivity contribution in [3.63, 3.8) is 0 Å². The van der Waals surface area contributed by atoms with E-state index in [0.717, 1.165) is 37.2 Å². The molecule has 3 aromatic rings. The average Bonchev–Trinajstić information content (AvgIpc) is 3.20. The molecule has 0 radical (unpaired) electrons. The molecule has 204 valence electrons. The molecule has 7 rings (SSSR count). The van der Waals surface area contributed by atoms with Crippen molar-refractivity contribution >= 4 is 45.3 Å². The second-order valence-corrected chi connectivity index (χ2v) is 12.0. The lowest BCUT2D eigenvalue weighted by Crippen LogP contribution is -2.49. The molecular weight excluding hydrogens is 572 g/mol. The summed E-state index contributed by atoms with van der Waals surface area (Å²) in [7, 11) is 0. The normalized spacial score (nSPS) is 23.0. The monoisotopic (exact) mass is 600 g/mol. The van der Waals surface area contributed by atoms with Gasteiger partial charge in [-0.3, -0.25) is 19.3 Å². The number of amides is 3. The number of benzene rings is 3. The van der Waals surface area contributed by atoms with E-state index in [1.165, 1.54) is 0 Å². The average molecular weight is 601 g/mol. The van der Waals surface area contributed by atoms with Gasteiger partial charge < -0.3 is 10.1 Å². The molecule has 4 aliphatic rings. The molecule has 0 spiro atoms. The number of carbonyl (C=O) groups excluding carboxylic acids is 4. The van der Waals surface area contributed by atoms with Gasteiger partial charge in [0.15, 0.2) is 6.61 Å². The van der Waals surface area contributed by atoms with Crippen molar-refractivity contribution in [3.05, 3.63) is 99.0 Å². The maximum Gasteiger partial charge on any atom is 0.330 e. The molecule has 1 N–H and O–H groups in total. The van der Waals surface area contributed by atoms with E-state index >= 15 is 0 Å². The number of hydrogen-bond acceptors (Lipinski definition) is 5. The number of nitrogens with one attached hydrogen (secondary N) is 1. The van der Waals surface area contributed by atoms with Crippen LogP contribution in [-0.4, -0.2) is 41.2 Å². The molecule has 2 bridgehead atoms. The van der Waals surface area contributed by atoms with Crippen LogP contribution in [0.25, 0.3) is 0 Å². The van der Waals surface area contributed by atoms with Gasteiger partial charge in [-0.05, 0) is 58.9 Å². The van der Waals surface area contributed by atoms with Crippen molar-refractivity contribution in [2.75, 3.05) is 11.9 Å². The predicted octanol–water partition coefficient (Wildman–Crippen LogP) is 5.16. The fourth-order valence-corrected chi connectivity index (χ4v) is 7.04. The maximum absolute atomic E-state index is 14.1. The topological polar surface area (TPSA) is 92.8 Å². The summed E-state index contributed by atoms with van der Waals surface area (Å²) in [6, 6.07) is 20.2. The van der Waals surface area contributed by atoms with Crippen LogP contribution in [-0.2, 0) is 23.9 Å². The molecule has 3 aromatic carbocycles. The minimum atomic E-state index is -1.13. The fourth-order valence-electron chi connectivity index (χ4n) is 6.79. The number of aryl methyl sites for hydroxylation is 1. The second kappa shape index (κ2) is 10.0. The molecular formula is C32H29BrN2O5. The summed E-state index contributed by atoms with van der Waals surface area (Å²) in [5.41, 5.74) is 5.79. The third-order valence-electron chi connectivity index (χ3n) is 8.42. The van der Waals surface area contributed by atoms with Gasteiger partial charge in [0.25, 0.3) is 5.91 Å².